The number of amides is 1. The number of furan rings is 1. The van der Waals surface area contributed by atoms with Crippen molar-refractivity contribution in [2.45, 2.75) is 39.2 Å². The Morgan fingerprint density at radius 2 is 2.28 bits per heavy atom. The number of hydrogen-bond acceptors (Lipinski definition) is 3. The van der Waals surface area contributed by atoms with E-state index < -0.39 is 12.0 Å². The van der Waals surface area contributed by atoms with Gasteiger partial charge in [-0.15, -0.1) is 0 Å². The van der Waals surface area contributed by atoms with Gasteiger partial charge in [0, 0.05) is 13.0 Å². The van der Waals surface area contributed by atoms with Crippen LogP contribution >= 0.6 is 0 Å². The minimum atomic E-state index is -0.945. The van der Waals surface area contributed by atoms with E-state index in [9.17, 15) is 9.59 Å². The van der Waals surface area contributed by atoms with Crippen LogP contribution in [-0.4, -0.2) is 34.5 Å². The lowest BCUT2D eigenvalue weighted by atomic mass is 10.2. The number of rotatable bonds is 3. The van der Waals surface area contributed by atoms with Crippen molar-refractivity contribution in [1.29, 1.82) is 0 Å². The van der Waals surface area contributed by atoms with Gasteiger partial charge < -0.3 is 14.4 Å². The molecular weight excluding hydrogens is 234 g/mol. The molecule has 1 atom stereocenters. The van der Waals surface area contributed by atoms with Gasteiger partial charge in [0.05, 0.1) is 0 Å². The summed E-state index contributed by atoms with van der Waals surface area (Å²) in [5.74, 6) is -0.232. The first-order valence-corrected chi connectivity index (χ1v) is 6.17. The SMILES string of the molecule is CCc1oc(C(=O)N2CCC[C@@H]2C(=O)O)cc1C. The monoisotopic (exact) mass is 251 g/mol. The Balaban J connectivity index is 2.22. The van der Waals surface area contributed by atoms with E-state index >= 15 is 0 Å². The summed E-state index contributed by atoms with van der Waals surface area (Å²) in [7, 11) is 0. The van der Waals surface area contributed by atoms with Crippen molar-refractivity contribution in [1.82, 2.24) is 4.90 Å². The van der Waals surface area contributed by atoms with Crippen LogP contribution in [0.3, 0.4) is 0 Å². The Morgan fingerprint density at radius 3 is 2.83 bits per heavy atom. The molecule has 1 N–H and O–H groups in total. The second-order valence-corrected chi connectivity index (χ2v) is 4.57. The summed E-state index contributed by atoms with van der Waals surface area (Å²) < 4.78 is 5.48. The van der Waals surface area contributed by atoms with Gasteiger partial charge in [-0.25, -0.2) is 4.79 Å². The molecule has 0 spiro atoms. The van der Waals surface area contributed by atoms with E-state index in [1.807, 2.05) is 13.8 Å². The molecule has 98 valence electrons. The van der Waals surface area contributed by atoms with Crippen molar-refractivity contribution in [2.75, 3.05) is 6.54 Å². The van der Waals surface area contributed by atoms with Crippen LogP contribution in [0.4, 0.5) is 0 Å². The van der Waals surface area contributed by atoms with E-state index in [0.29, 0.717) is 13.0 Å². The van der Waals surface area contributed by atoms with Crippen LogP contribution in [0.5, 0.6) is 0 Å². The maximum atomic E-state index is 12.2. The molecule has 0 bridgehead atoms. The number of likely N-dealkylation sites (tertiary alicyclic amines) is 1. The maximum absolute atomic E-state index is 12.2. The first-order valence-electron chi connectivity index (χ1n) is 6.17. The zero-order chi connectivity index (χ0) is 13.3. The molecule has 0 radical (unpaired) electrons. The highest BCUT2D eigenvalue weighted by Gasteiger charge is 2.35. The highest BCUT2D eigenvalue weighted by Crippen LogP contribution is 2.23. The van der Waals surface area contributed by atoms with Crippen molar-refractivity contribution >= 4 is 11.9 Å². The maximum Gasteiger partial charge on any atom is 0.326 e. The smallest absolute Gasteiger partial charge is 0.326 e. The molecule has 1 aliphatic rings. The summed E-state index contributed by atoms with van der Waals surface area (Å²) in [4.78, 5) is 24.7. The van der Waals surface area contributed by atoms with Crippen molar-refractivity contribution in [2.24, 2.45) is 0 Å². The van der Waals surface area contributed by atoms with Gasteiger partial charge in [0.1, 0.15) is 11.8 Å². The Labute approximate surface area is 105 Å². The number of aliphatic carboxylic acids is 1. The van der Waals surface area contributed by atoms with Gasteiger partial charge >= 0.3 is 5.97 Å². The largest absolute Gasteiger partial charge is 0.480 e. The lowest BCUT2D eigenvalue weighted by molar-refractivity contribution is -0.141. The normalized spacial score (nSPS) is 19.2. The summed E-state index contributed by atoms with van der Waals surface area (Å²) in [6.45, 7) is 4.32. The molecule has 1 aromatic heterocycles. The van der Waals surface area contributed by atoms with Gasteiger partial charge in [0.15, 0.2) is 5.76 Å². The number of hydrogen-bond donors (Lipinski definition) is 1. The average Bonchev–Trinajstić information content (AvgIpc) is 2.93. The van der Waals surface area contributed by atoms with Crippen molar-refractivity contribution in [3.63, 3.8) is 0 Å². The number of carboxylic acids is 1. The fourth-order valence-electron chi connectivity index (χ4n) is 2.38. The molecule has 0 saturated carbocycles. The zero-order valence-electron chi connectivity index (χ0n) is 10.6. The Bertz CT molecular complexity index is 477. The quantitative estimate of drug-likeness (QED) is 0.889. The van der Waals surface area contributed by atoms with Gasteiger partial charge in [0.25, 0.3) is 5.91 Å². The fraction of sp³-hybridized carbons (Fsp3) is 0.538. The van der Waals surface area contributed by atoms with Crippen LogP contribution in [0, 0.1) is 6.92 Å². The minimum absolute atomic E-state index is 0.248. The second-order valence-electron chi connectivity index (χ2n) is 4.57. The topological polar surface area (TPSA) is 70.8 Å². The van der Waals surface area contributed by atoms with Crippen molar-refractivity contribution < 1.29 is 19.1 Å². The predicted molar refractivity (Wildman–Crippen MR) is 64.5 cm³/mol. The predicted octanol–water partition coefficient (Wildman–Crippen LogP) is 1.84. The standard InChI is InChI=1S/C13H17NO4/c1-3-10-8(2)7-11(18-10)12(15)14-6-4-5-9(14)13(16)17/h7,9H,3-6H2,1-2H3,(H,16,17)/t9-/m1/s1. The van der Waals surface area contributed by atoms with Gasteiger partial charge in [-0.05, 0) is 31.4 Å². The molecule has 0 aliphatic carbocycles. The molecule has 1 aromatic rings. The van der Waals surface area contributed by atoms with E-state index in [-0.39, 0.29) is 11.7 Å². The highest BCUT2D eigenvalue weighted by atomic mass is 16.4. The Morgan fingerprint density at radius 1 is 1.56 bits per heavy atom. The first kappa shape index (κ1) is 12.7. The summed E-state index contributed by atoms with van der Waals surface area (Å²) in [5, 5.41) is 9.06. The molecule has 1 saturated heterocycles. The molecule has 5 heteroatoms. The van der Waals surface area contributed by atoms with E-state index in [1.165, 1.54) is 4.90 Å². The molecule has 1 fully saturated rings. The molecular formula is C13H17NO4. The van der Waals surface area contributed by atoms with Crippen LogP contribution in [0.2, 0.25) is 0 Å². The third kappa shape index (κ3) is 2.12. The van der Waals surface area contributed by atoms with Crippen LogP contribution in [0.1, 0.15) is 41.6 Å². The molecule has 1 aliphatic heterocycles. The molecule has 1 amide bonds. The molecule has 0 aromatic carbocycles. The molecule has 2 rings (SSSR count). The first-order chi connectivity index (χ1) is 8.54. The number of carboxylic acid groups (broad SMARTS) is 1. The summed E-state index contributed by atoms with van der Waals surface area (Å²) in [6, 6.07) is 0.978. The average molecular weight is 251 g/mol. The van der Waals surface area contributed by atoms with Gasteiger partial charge in [-0.2, -0.15) is 0 Å². The Kier molecular flexibility index (Phi) is 3.41. The number of carbonyl (C=O) groups excluding carboxylic acids is 1. The van der Waals surface area contributed by atoms with Crippen LogP contribution in [-0.2, 0) is 11.2 Å². The zero-order valence-corrected chi connectivity index (χ0v) is 10.6. The van der Waals surface area contributed by atoms with E-state index in [4.69, 9.17) is 9.52 Å². The summed E-state index contributed by atoms with van der Waals surface area (Å²) in [5.41, 5.74) is 0.937. The number of aryl methyl sites for hydroxylation is 2. The van der Waals surface area contributed by atoms with E-state index in [1.54, 1.807) is 6.07 Å². The summed E-state index contributed by atoms with van der Waals surface area (Å²) in [6.07, 6.45) is 1.96. The third-order valence-electron chi connectivity index (χ3n) is 3.35. The highest BCUT2D eigenvalue weighted by molar-refractivity contribution is 5.95. The minimum Gasteiger partial charge on any atom is -0.480 e. The summed E-state index contributed by atoms with van der Waals surface area (Å²) >= 11 is 0. The van der Waals surface area contributed by atoms with Crippen molar-refractivity contribution in [3.05, 3.63) is 23.2 Å². The lowest BCUT2D eigenvalue weighted by Crippen LogP contribution is -2.40. The lowest BCUT2D eigenvalue weighted by Gasteiger charge is -2.19. The second kappa shape index (κ2) is 4.84. The number of carbonyl (C=O) groups is 2. The van der Waals surface area contributed by atoms with Crippen molar-refractivity contribution in [3.8, 4) is 0 Å². The van der Waals surface area contributed by atoms with Gasteiger partial charge in [-0.3, -0.25) is 4.79 Å². The van der Waals surface area contributed by atoms with Crippen LogP contribution in [0.25, 0.3) is 0 Å². The molecule has 5 nitrogen and oxygen atoms in total. The van der Waals surface area contributed by atoms with E-state index in [2.05, 4.69) is 0 Å². The fourth-order valence-corrected chi connectivity index (χ4v) is 2.38. The third-order valence-corrected chi connectivity index (χ3v) is 3.35. The van der Waals surface area contributed by atoms with E-state index in [0.717, 1.165) is 24.2 Å². The molecule has 18 heavy (non-hydrogen) atoms. The Hall–Kier alpha value is -1.78. The molecule has 2 heterocycles. The number of nitrogens with zero attached hydrogens (tertiary/aromatic N) is 1. The van der Waals surface area contributed by atoms with Crippen LogP contribution in [0.15, 0.2) is 10.5 Å². The van der Waals surface area contributed by atoms with Gasteiger partial charge in [-0.1, -0.05) is 6.92 Å². The van der Waals surface area contributed by atoms with Gasteiger partial charge in [0.2, 0.25) is 0 Å². The molecule has 0 unspecified atom stereocenters. The van der Waals surface area contributed by atoms with Crippen LogP contribution < -0.4 is 0 Å².